The monoisotopic (exact) mass is 384 g/mol. The number of hydrogen-bond donors (Lipinski definition) is 0. The van der Waals surface area contributed by atoms with Gasteiger partial charge in [0.15, 0.2) is 17.9 Å². The molecule has 1 aliphatic rings. The summed E-state index contributed by atoms with van der Waals surface area (Å²) in [4.78, 5) is 24.7. The van der Waals surface area contributed by atoms with Gasteiger partial charge in [0.05, 0.1) is 12.2 Å². The van der Waals surface area contributed by atoms with Crippen LogP contribution >= 0.6 is 0 Å². The fourth-order valence-corrected chi connectivity index (χ4v) is 2.73. The number of terminal acetylenes is 1. The number of benzene rings is 1. The van der Waals surface area contributed by atoms with E-state index in [9.17, 15) is 27.2 Å². The van der Waals surface area contributed by atoms with Crippen LogP contribution in [0, 0.1) is 25.1 Å². The molecule has 1 aliphatic heterocycles. The first kappa shape index (κ1) is 18.5. The van der Waals surface area contributed by atoms with Crippen molar-refractivity contribution in [3.8, 4) is 23.8 Å². The molecule has 1 aromatic heterocycles. The quantitative estimate of drug-likeness (QED) is 0.599. The van der Waals surface area contributed by atoms with Gasteiger partial charge in [-0.25, -0.2) is 18.1 Å². The Balaban J connectivity index is 2.23. The summed E-state index contributed by atoms with van der Waals surface area (Å²) in [7, 11) is 0. The van der Waals surface area contributed by atoms with Crippen molar-refractivity contribution < 1.29 is 27.1 Å². The molecular formula is C16H12F4N4O3. The molecule has 0 aliphatic carbocycles. The van der Waals surface area contributed by atoms with Crippen LogP contribution in [0.25, 0.3) is 5.69 Å². The number of alkyl halides is 3. The summed E-state index contributed by atoms with van der Waals surface area (Å²) in [6.07, 6.45) is -0.843. The molecule has 3 rings (SSSR count). The number of hydrogen-bond acceptors (Lipinski definition) is 4. The Kier molecular flexibility index (Phi) is 4.22. The van der Waals surface area contributed by atoms with Crippen LogP contribution in [0.4, 0.5) is 23.2 Å². The Morgan fingerprint density at radius 2 is 2.00 bits per heavy atom. The van der Waals surface area contributed by atoms with E-state index in [1.807, 2.05) is 5.92 Å². The SMILES string of the molecule is C#CCN1C(=O)C(F)(F)Oc2cc(F)c(-n3nc(C)n(C(C)F)c3=O)cc21. The van der Waals surface area contributed by atoms with Gasteiger partial charge in [0, 0.05) is 6.07 Å². The van der Waals surface area contributed by atoms with E-state index in [4.69, 9.17) is 6.42 Å². The number of amides is 1. The number of ether oxygens (including phenoxy) is 1. The number of carbonyl (C=O) groups excluding carboxylic acids is 1. The molecule has 1 atom stereocenters. The third-order valence-corrected chi connectivity index (χ3v) is 3.87. The van der Waals surface area contributed by atoms with Gasteiger partial charge in [0.1, 0.15) is 11.5 Å². The second-order valence-electron chi connectivity index (χ2n) is 5.67. The lowest BCUT2D eigenvalue weighted by Crippen LogP contribution is -2.51. The van der Waals surface area contributed by atoms with Gasteiger partial charge in [0.25, 0.3) is 0 Å². The van der Waals surface area contributed by atoms with Crippen molar-refractivity contribution in [1.29, 1.82) is 0 Å². The van der Waals surface area contributed by atoms with Crippen LogP contribution < -0.4 is 15.3 Å². The Hall–Kier alpha value is -3.29. The Morgan fingerprint density at radius 3 is 2.56 bits per heavy atom. The van der Waals surface area contributed by atoms with Gasteiger partial charge in [-0.1, -0.05) is 5.92 Å². The summed E-state index contributed by atoms with van der Waals surface area (Å²) in [5, 5.41) is 3.78. The summed E-state index contributed by atoms with van der Waals surface area (Å²) >= 11 is 0. The lowest BCUT2D eigenvalue weighted by Gasteiger charge is -2.32. The van der Waals surface area contributed by atoms with Gasteiger partial charge in [-0.15, -0.1) is 6.42 Å². The van der Waals surface area contributed by atoms with Gasteiger partial charge in [-0.3, -0.25) is 9.69 Å². The van der Waals surface area contributed by atoms with Crippen LogP contribution in [0.15, 0.2) is 16.9 Å². The fraction of sp³-hybridized carbons (Fsp3) is 0.312. The molecule has 0 saturated heterocycles. The van der Waals surface area contributed by atoms with E-state index in [-0.39, 0.29) is 11.5 Å². The number of aryl methyl sites for hydroxylation is 1. The molecule has 1 amide bonds. The van der Waals surface area contributed by atoms with Gasteiger partial charge in [-0.2, -0.15) is 18.6 Å². The third kappa shape index (κ3) is 2.83. The first-order valence-corrected chi connectivity index (χ1v) is 7.57. The highest BCUT2D eigenvalue weighted by Crippen LogP contribution is 2.41. The van der Waals surface area contributed by atoms with E-state index in [0.717, 1.165) is 13.0 Å². The van der Waals surface area contributed by atoms with Gasteiger partial charge < -0.3 is 4.74 Å². The van der Waals surface area contributed by atoms with Crippen LogP contribution in [0.5, 0.6) is 5.75 Å². The predicted octanol–water partition coefficient (Wildman–Crippen LogP) is 1.92. The van der Waals surface area contributed by atoms with Crippen molar-refractivity contribution in [2.24, 2.45) is 0 Å². The molecule has 0 spiro atoms. The molecule has 1 aromatic carbocycles. The minimum atomic E-state index is -4.23. The van der Waals surface area contributed by atoms with Crippen molar-refractivity contribution in [2.45, 2.75) is 26.3 Å². The molecule has 0 N–H and O–H groups in total. The molecule has 27 heavy (non-hydrogen) atoms. The molecular weight excluding hydrogens is 372 g/mol. The summed E-state index contributed by atoms with van der Waals surface area (Å²) in [6.45, 7) is 1.88. The predicted molar refractivity (Wildman–Crippen MR) is 85.1 cm³/mol. The van der Waals surface area contributed by atoms with Gasteiger partial charge in [-0.05, 0) is 19.9 Å². The molecule has 0 fully saturated rings. The summed E-state index contributed by atoms with van der Waals surface area (Å²) < 4.78 is 61.0. The first-order chi connectivity index (χ1) is 12.6. The van der Waals surface area contributed by atoms with Crippen molar-refractivity contribution >= 4 is 11.6 Å². The molecule has 142 valence electrons. The van der Waals surface area contributed by atoms with E-state index in [0.29, 0.717) is 20.2 Å². The fourth-order valence-electron chi connectivity index (χ4n) is 2.73. The Bertz CT molecular complexity index is 1040. The maximum absolute atomic E-state index is 14.5. The molecule has 0 radical (unpaired) electrons. The molecule has 1 unspecified atom stereocenters. The van der Waals surface area contributed by atoms with Crippen LogP contribution in [-0.2, 0) is 4.79 Å². The molecule has 2 aromatic rings. The Morgan fingerprint density at radius 1 is 1.33 bits per heavy atom. The zero-order valence-corrected chi connectivity index (χ0v) is 14.0. The molecule has 0 bridgehead atoms. The van der Waals surface area contributed by atoms with Crippen LogP contribution in [0.1, 0.15) is 19.0 Å². The summed E-state index contributed by atoms with van der Waals surface area (Å²) in [6, 6.07) is 1.49. The van der Waals surface area contributed by atoms with Crippen molar-refractivity contribution in [3.05, 3.63) is 34.3 Å². The van der Waals surface area contributed by atoms with E-state index in [1.54, 1.807) is 0 Å². The number of rotatable bonds is 3. The van der Waals surface area contributed by atoms with Crippen LogP contribution in [0.3, 0.4) is 0 Å². The highest BCUT2D eigenvalue weighted by atomic mass is 19.3. The van der Waals surface area contributed by atoms with E-state index >= 15 is 0 Å². The highest BCUT2D eigenvalue weighted by molar-refractivity contribution is 6.01. The average Bonchev–Trinajstić information content (AvgIpc) is 2.86. The highest BCUT2D eigenvalue weighted by Gasteiger charge is 2.50. The molecule has 11 heteroatoms. The van der Waals surface area contributed by atoms with E-state index in [2.05, 4.69) is 9.84 Å². The number of aromatic nitrogens is 3. The smallest absolute Gasteiger partial charge is 0.423 e. The van der Waals surface area contributed by atoms with E-state index < -0.39 is 47.8 Å². The van der Waals surface area contributed by atoms with Gasteiger partial charge >= 0.3 is 17.7 Å². The normalized spacial score (nSPS) is 16.5. The Labute approximate surface area is 149 Å². The van der Waals surface area contributed by atoms with E-state index in [1.165, 1.54) is 6.92 Å². The van der Waals surface area contributed by atoms with Crippen LogP contribution in [-0.4, -0.2) is 32.9 Å². The second kappa shape index (κ2) is 6.15. The zero-order valence-electron chi connectivity index (χ0n) is 14.0. The van der Waals surface area contributed by atoms with Crippen molar-refractivity contribution in [3.63, 3.8) is 0 Å². The maximum atomic E-state index is 14.5. The summed E-state index contributed by atoms with van der Waals surface area (Å²) in [5.41, 5.74) is -1.74. The van der Waals surface area contributed by atoms with Crippen molar-refractivity contribution in [2.75, 3.05) is 11.4 Å². The minimum absolute atomic E-state index is 0.0357. The summed E-state index contributed by atoms with van der Waals surface area (Å²) in [5.74, 6) is -1.51. The van der Waals surface area contributed by atoms with Crippen molar-refractivity contribution in [1.82, 2.24) is 14.3 Å². The number of nitrogens with zero attached hydrogens (tertiary/aromatic N) is 4. The first-order valence-electron chi connectivity index (χ1n) is 7.57. The van der Waals surface area contributed by atoms with Gasteiger partial charge in [0.2, 0.25) is 0 Å². The second-order valence-corrected chi connectivity index (χ2v) is 5.67. The maximum Gasteiger partial charge on any atom is 0.483 e. The zero-order chi connectivity index (χ0) is 20.1. The average molecular weight is 384 g/mol. The minimum Gasteiger partial charge on any atom is -0.423 e. The number of halogens is 4. The lowest BCUT2D eigenvalue weighted by molar-refractivity contribution is -0.192. The third-order valence-electron chi connectivity index (χ3n) is 3.87. The molecule has 0 saturated carbocycles. The topological polar surface area (TPSA) is 69.4 Å². The number of anilines is 1. The largest absolute Gasteiger partial charge is 0.483 e. The standard InChI is InChI=1S/C16H12F4N4O3/c1-4-5-22-12-7-11(24-15(26)23(8(2)17)9(3)21-24)10(18)6-13(12)27-16(19,20)14(22)25/h1,6-8H,5H2,2-3H3. The molecule has 7 nitrogen and oxygen atoms in total. The lowest BCUT2D eigenvalue weighted by atomic mass is 10.2. The van der Waals surface area contributed by atoms with Crippen LogP contribution in [0.2, 0.25) is 0 Å². The molecule has 2 heterocycles. The number of fused-ring (bicyclic) bond motifs is 1. The number of carbonyl (C=O) groups is 1.